The topological polar surface area (TPSA) is 274 Å². The fourth-order valence-electron chi connectivity index (χ4n) is 4.38. The predicted molar refractivity (Wildman–Crippen MR) is 137 cm³/mol. The highest BCUT2D eigenvalue weighted by Gasteiger charge is 2.39. The van der Waals surface area contributed by atoms with Crippen molar-refractivity contribution in [2.75, 3.05) is 19.6 Å². The van der Waals surface area contributed by atoms with Gasteiger partial charge in [-0.1, -0.05) is 0 Å². The van der Waals surface area contributed by atoms with Gasteiger partial charge in [-0.2, -0.15) is 0 Å². The maximum absolute atomic E-state index is 13.5. The molecule has 2 aliphatic heterocycles. The van der Waals surface area contributed by atoms with Gasteiger partial charge in [0.1, 0.15) is 24.2 Å². The first-order valence-electron chi connectivity index (χ1n) is 12.5. The number of likely N-dealkylation sites (tertiary alicyclic amines) is 1. The molecule has 12 N–H and O–H groups in total. The molecule has 2 aliphatic rings. The summed E-state index contributed by atoms with van der Waals surface area (Å²) in [6.07, 6.45) is 2.37. The van der Waals surface area contributed by atoms with Crippen LogP contribution < -0.4 is 38.9 Å². The van der Waals surface area contributed by atoms with Gasteiger partial charge in [0.2, 0.25) is 23.6 Å². The Labute approximate surface area is 220 Å². The van der Waals surface area contributed by atoms with Crippen LogP contribution in [-0.4, -0.2) is 95.3 Å². The maximum atomic E-state index is 13.5. The molecule has 2 rings (SSSR count). The molecule has 4 amide bonds. The van der Waals surface area contributed by atoms with Crippen LogP contribution in [-0.2, 0) is 24.0 Å². The minimum atomic E-state index is -1.22. The highest BCUT2D eigenvalue weighted by Crippen LogP contribution is 2.20. The van der Waals surface area contributed by atoms with Crippen LogP contribution in [0.15, 0.2) is 9.98 Å². The van der Waals surface area contributed by atoms with E-state index in [1.54, 1.807) is 0 Å². The molecule has 0 bridgehead atoms. The van der Waals surface area contributed by atoms with E-state index in [-0.39, 0.29) is 56.7 Å². The van der Waals surface area contributed by atoms with Crippen molar-refractivity contribution in [1.29, 1.82) is 0 Å². The highest BCUT2D eigenvalue weighted by molar-refractivity contribution is 5.96. The smallest absolute Gasteiger partial charge is 0.326 e. The lowest BCUT2D eigenvalue weighted by Crippen LogP contribution is -2.56. The summed E-state index contributed by atoms with van der Waals surface area (Å²) in [4.78, 5) is 71.5. The summed E-state index contributed by atoms with van der Waals surface area (Å²) in [5.74, 6) is -3.26. The van der Waals surface area contributed by atoms with E-state index in [1.165, 1.54) is 4.90 Å². The largest absolute Gasteiger partial charge is 0.480 e. The number of hydrogen-bond donors (Lipinski definition) is 8. The van der Waals surface area contributed by atoms with E-state index in [0.717, 1.165) is 0 Å². The molecule has 0 aromatic carbocycles. The minimum absolute atomic E-state index is 0.0924. The molecule has 0 spiro atoms. The van der Waals surface area contributed by atoms with Gasteiger partial charge in [0.05, 0.1) is 0 Å². The summed E-state index contributed by atoms with van der Waals surface area (Å²) in [6.45, 7) is 0.699. The van der Waals surface area contributed by atoms with Gasteiger partial charge in [0.15, 0.2) is 11.9 Å². The number of carboxylic acid groups (broad SMARTS) is 1. The average molecular weight is 539 g/mol. The van der Waals surface area contributed by atoms with Crippen molar-refractivity contribution in [2.45, 2.75) is 75.5 Å². The maximum Gasteiger partial charge on any atom is 0.326 e. The fourth-order valence-corrected chi connectivity index (χ4v) is 4.38. The third-order valence-electron chi connectivity index (χ3n) is 6.27. The second kappa shape index (κ2) is 14.6. The van der Waals surface area contributed by atoms with Crippen LogP contribution in [0.5, 0.6) is 0 Å². The number of carbonyl (C=O) groups is 5. The van der Waals surface area contributed by atoms with Crippen LogP contribution in [0.2, 0.25) is 0 Å². The van der Waals surface area contributed by atoms with Crippen LogP contribution in [0.1, 0.15) is 51.4 Å². The van der Waals surface area contributed by atoms with Crippen molar-refractivity contribution >= 4 is 41.5 Å². The number of carboxylic acids is 1. The first kappa shape index (κ1) is 30.1. The Kier molecular flexibility index (Phi) is 11.6. The Balaban J connectivity index is 2.08. The molecule has 0 saturated carbocycles. The molecule has 2 heterocycles. The molecule has 212 valence electrons. The molecule has 0 aliphatic carbocycles. The average Bonchev–Trinajstić information content (AvgIpc) is 3.51. The highest BCUT2D eigenvalue weighted by atomic mass is 16.4. The lowest BCUT2D eigenvalue weighted by Gasteiger charge is -2.30. The lowest BCUT2D eigenvalue weighted by atomic mass is 10.1. The number of aliphatic imine (C=N–C) groups is 2. The normalized spacial score (nSPS) is 20.1. The molecule has 0 radical (unpaired) electrons. The van der Waals surface area contributed by atoms with E-state index in [9.17, 15) is 29.1 Å². The van der Waals surface area contributed by atoms with E-state index >= 15 is 0 Å². The van der Waals surface area contributed by atoms with Gasteiger partial charge in [-0.3, -0.25) is 29.2 Å². The number of hydrogen-bond acceptors (Lipinski definition) is 7. The number of aliphatic carboxylic acids is 1. The molecule has 4 atom stereocenters. The molecule has 0 aromatic heterocycles. The molecule has 0 aromatic rings. The Hall–Kier alpha value is -4.11. The van der Waals surface area contributed by atoms with Crippen LogP contribution in [0.3, 0.4) is 0 Å². The van der Waals surface area contributed by atoms with E-state index in [0.29, 0.717) is 32.1 Å². The van der Waals surface area contributed by atoms with Crippen LogP contribution in [0.25, 0.3) is 0 Å². The first-order chi connectivity index (χ1) is 18.0. The predicted octanol–water partition coefficient (Wildman–Crippen LogP) is -3.58. The van der Waals surface area contributed by atoms with Gasteiger partial charge in [-0.15, -0.1) is 0 Å². The van der Waals surface area contributed by atoms with E-state index < -0.39 is 47.9 Å². The molecule has 38 heavy (non-hydrogen) atoms. The summed E-state index contributed by atoms with van der Waals surface area (Å²) in [5, 5.41) is 17.3. The van der Waals surface area contributed by atoms with Crippen molar-refractivity contribution in [2.24, 2.45) is 32.9 Å². The number of nitrogens with two attached hydrogens (primary N) is 4. The Morgan fingerprint density at radius 2 is 1.53 bits per heavy atom. The van der Waals surface area contributed by atoms with E-state index in [4.69, 9.17) is 22.9 Å². The zero-order valence-corrected chi connectivity index (χ0v) is 21.2. The second-order valence-electron chi connectivity index (χ2n) is 9.21. The first-order valence-corrected chi connectivity index (χ1v) is 12.5. The van der Waals surface area contributed by atoms with E-state index in [1.807, 2.05) is 0 Å². The van der Waals surface area contributed by atoms with Crippen molar-refractivity contribution in [1.82, 2.24) is 20.9 Å². The molecule has 0 unspecified atom stereocenters. The molecular formula is C22H38N10O6. The number of carbonyl (C=O) groups excluding carboxylic acids is 4. The van der Waals surface area contributed by atoms with Crippen molar-refractivity contribution in [3.8, 4) is 0 Å². The monoisotopic (exact) mass is 538 g/mol. The van der Waals surface area contributed by atoms with Crippen LogP contribution >= 0.6 is 0 Å². The number of rotatable bonds is 14. The third kappa shape index (κ3) is 9.40. The van der Waals surface area contributed by atoms with Crippen LogP contribution in [0.4, 0.5) is 0 Å². The summed E-state index contributed by atoms with van der Waals surface area (Å²) in [5.41, 5.74) is 21.2. The fraction of sp³-hybridized carbons (Fsp3) is 0.682. The summed E-state index contributed by atoms with van der Waals surface area (Å²) < 4.78 is 0. The van der Waals surface area contributed by atoms with Crippen molar-refractivity contribution in [3.05, 3.63) is 0 Å². The summed E-state index contributed by atoms with van der Waals surface area (Å²) >= 11 is 0. The number of nitrogens with zero attached hydrogens (tertiary/aromatic N) is 3. The molecule has 16 nitrogen and oxygen atoms in total. The van der Waals surface area contributed by atoms with Crippen molar-refractivity contribution in [3.63, 3.8) is 0 Å². The molecule has 16 heteroatoms. The molecular weight excluding hydrogens is 500 g/mol. The van der Waals surface area contributed by atoms with Gasteiger partial charge >= 0.3 is 5.97 Å². The Bertz CT molecular complexity index is 947. The quantitative estimate of drug-likeness (QED) is 0.0611. The zero-order valence-electron chi connectivity index (χ0n) is 21.2. The van der Waals surface area contributed by atoms with Gasteiger partial charge in [-0.05, 0) is 44.9 Å². The summed E-state index contributed by atoms with van der Waals surface area (Å²) in [6, 6.07) is -3.82. The number of nitrogens with one attached hydrogen (secondary N) is 3. The minimum Gasteiger partial charge on any atom is -0.480 e. The van der Waals surface area contributed by atoms with Gasteiger partial charge in [0, 0.05) is 26.1 Å². The lowest BCUT2D eigenvalue weighted by molar-refractivity contribution is -0.145. The zero-order chi connectivity index (χ0) is 28.2. The van der Waals surface area contributed by atoms with Crippen molar-refractivity contribution < 1.29 is 29.1 Å². The molecule has 2 fully saturated rings. The van der Waals surface area contributed by atoms with Gasteiger partial charge in [0.25, 0.3) is 0 Å². The Morgan fingerprint density at radius 3 is 2.05 bits per heavy atom. The third-order valence-corrected chi connectivity index (χ3v) is 6.27. The van der Waals surface area contributed by atoms with E-state index in [2.05, 4.69) is 25.9 Å². The summed E-state index contributed by atoms with van der Waals surface area (Å²) in [7, 11) is 0. The number of guanidine groups is 2. The standard InChI is InChI=1S/C22H38N10O6/c23-21(24)27-9-1-4-13(30-17(34)12-7-8-16(33)29-12)19(36)32-11-3-6-15(32)18(35)31-14(20(37)38)5-2-10-28-22(25)26/h12-15H,1-11H2,(H,29,33)(H,30,34)(H,31,35)(H,37,38)(H4,23,24,27)(H4,25,26,28)/t12-,13-,14-,15-/m0/s1. The second-order valence-corrected chi connectivity index (χ2v) is 9.21. The van der Waals surface area contributed by atoms with Gasteiger partial charge in [-0.25, -0.2) is 4.79 Å². The number of amides is 4. The Morgan fingerprint density at radius 1 is 0.947 bits per heavy atom. The SMILES string of the molecule is NC(N)=NCCC[C@H](NC(=O)[C@@H]1CCCN1C(=O)[C@H](CCCN=C(N)N)NC(=O)[C@@H]1CCC(=O)N1)C(=O)O. The van der Waals surface area contributed by atoms with Crippen LogP contribution in [0, 0.1) is 0 Å². The molecule has 2 saturated heterocycles. The van der Waals surface area contributed by atoms with Gasteiger partial charge < -0.3 is 48.9 Å².